The van der Waals surface area contributed by atoms with E-state index in [1.807, 2.05) is 0 Å². The molecule has 106 valence electrons. The standard InChI is InChI=1S/C13H21BClNO3/c1-12(2,17)13(3,4)19-14(18)10-7-9(8-16)5-6-11(10)15/h5-7,17-18H,8,16H2,1-4H3. The molecule has 0 unspecified atom stereocenters. The zero-order valence-electron chi connectivity index (χ0n) is 11.8. The second-order valence-corrected chi connectivity index (χ2v) is 6.01. The minimum absolute atomic E-state index is 0.353. The maximum atomic E-state index is 10.2. The van der Waals surface area contributed by atoms with Crippen LogP contribution < -0.4 is 11.2 Å². The number of benzene rings is 1. The third kappa shape index (κ3) is 3.94. The molecular weight excluding hydrogens is 264 g/mol. The van der Waals surface area contributed by atoms with Gasteiger partial charge in [-0.25, -0.2) is 0 Å². The summed E-state index contributed by atoms with van der Waals surface area (Å²) >= 11 is 6.05. The first-order chi connectivity index (χ1) is 8.58. The quantitative estimate of drug-likeness (QED) is 0.707. The van der Waals surface area contributed by atoms with Gasteiger partial charge in [-0.2, -0.15) is 0 Å². The van der Waals surface area contributed by atoms with Crippen LogP contribution in [-0.4, -0.2) is 28.5 Å². The zero-order chi connectivity index (χ0) is 14.8. The lowest BCUT2D eigenvalue weighted by Gasteiger charge is -2.38. The second-order valence-electron chi connectivity index (χ2n) is 5.60. The third-order valence-corrected chi connectivity index (χ3v) is 3.79. The van der Waals surface area contributed by atoms with Gasteiger partial charge in [0, 0.05) is 17.0 Å². The Hall–Kier alpha value is -0.585. The van der Waals surface area contributed by atoms with E-state index in [0.29, 0.717) is 17.0 Å². The topological polar surface area (TPSA) is 75.7 Å². The van der Waals surface area contributed by atoms with Gasteiger partial charge in [0.25, 0.3) is 0 Å². The van der Waals surface area contributed by atoms with Gasteiger partial charge < -0.3 is 20.5 Å². The van der Waals surface area contributed by atoms with Crippen molar-refractivity contribution in [3.05, 3.63) is 28.8 Å². The van der Waals surface area contributed by atoms with Gasteiger partial charge in [0.15, 0.2) is 0 Å². The Balaban J connectivity index is 2.98. The average molecular weight is 286 g/mol. The summed E-state index contributed by atoms with van der Waals surface area (Å²) in [5.74, 6) is 0. The monoisotopic (exact) mass is 285 g/mol. The second kappa shape index (κ2) is 5.81. The van der Waals surface area contributed by atoms with Crippen LogP contribution in [0.1, 0.15) is 33.3 Å². The highest BCUT2D eigenvalue weighted by molar-refractivity contribution is 6.64. The predicted octanol–water partition coefficient (Wildman–Crippen LogP) is 1.05. The fourth-order valence-electron chi connectivity index (χ4n) is 1.40. The third-order valence-electron chi connectivity index (χ3n) is 3.44. The van der Waals surface area contributed by atoms with Gasteiger partial charge in [0.05, 0.1) is 11.2 Å². The van der Waals surface area contributed by atoms with Crippen LogP contribution in [0.3, 0.4) is 0 Å². The first-order valence-electron chi connectivity index (χ1n) is 6.15. The molecule has 0 fully saturated rings. The van der Waals surface area contributed by atoms with E-state index in [1.165, 1.54) is 0 Å². The number of hydrogen-bond donors (Lipinski definition) is 3. The summed E-state index contributed by atoms with van der Waals surface area (Å²) < 4.78 is 5.55. The van der Waals surface area contributed by atoms with Crippen LogP contribution in [0.4, 0.5) is 0 Å². The van der Waals surface area contributed by atoms with Crippen molar-refractivity contribution in [3.8, 4) is 0 Å². The van der Waals surface area contributed by atoms with Crippen LogP contribution in [0, 0.1) is 0 Å². The molecule has 19 heavy (non-hydrogen) atoms. The first kappa shape index (κ1) is 16.5. The molecule has 1 aromatic carbocycles. The van der Waals surface area contributed by atoms with Gasteiger partial charge in [0.1, 0.15) is 0 Å². The van der Waals surface area contributed by atoms with Crippen LogP contribution in [0.2, 0.25) is 5.02 Å². The lowest BCUT2D eigenvalue weighted by Crippen LogP contribution is -2.53. The number of halogens is 1. The van der Waals surface area contributed by atoms with Crippen molar-refractivity contribution >= 4 is 24.2 Å². The largest absolute Gasteiger partial charge is 0.493 e. The van der Waals surface area contributed by atoms with Crippen molar-refractivity contribution in [2.75, 3.05) is 0 Å². The Morgan fingerprint density at radius 1 is 1.32 bits per heavy atom. The smallest absolute Gasteiger partial charge is 0.423 e. The van der Waals surface area contributed by atoms with Gasteiger partial charge in [-0.3, -0.25) is 0 Å². The molecule has 0 atom stereocenters. The van der Waals surface area contributed by atoms with E-state index in [4.69, 9.17) is 22.0 Å². The summed E-state index contributed by atoms with van der Waals surface area (Å²) in [6.45, 7) is 7.01. The molecule has 0 amide bonds. The summed E-state index contributed by atoms with van der Waals surface area (Å²) in [7, 11) is -1.22. The molecule has 6 heteroatoms. The van der Waals surface area contributed by atoms with Gasteiger partial charge >= 0.3 is 7.12 Å². The molecule has 0 radical (unpaired) electrons. The molecule has 4 N–H and O–H groups in total. The molecule has 0 saturated carbocycles. The Kier molecular flexibility index (Phi) is 5.04. The van der Waals surface area contributed by atoms with Crippen LogP contribution in [-0.2, 0) is 11.2 Å². The zero-order valence-corrected chi connectivity index (χ0v) is 12.5. The minimum Gasteiger partial charge on any atom is -0.423 e. The number of rotatable bonds is 5. The molecule has 4 nitrogen and oxygen atoms in total. The fraction of sp³-hybridized carbons (Fsp3) is 0.538. The summed E-state index contributed by atoms with van der Waals surface area (Å²) in [5, 5.41) is 20.6. The molecule has 1 rings (SSSR count). The van der Waals surface area contributed by atoms with Crippen molar-refractivity contribution in [2.24, 2.45) is 5.73 Å². The molecule has 0 aliphatic rings. The van der Waals surface area contributed by atoms with Crippen molar-refractivity contribution < 1.29 is 14.8 Å². The fourth-order valence-corrected chi connectivity index (χ4v) is 1.61. The molecular formula is C13H21BClNO3. The molecule has 1 aromatic rings. The Labute approximate surface area is 119 Å². The van der Waals surface area contributed by atoms with Crippen LogP contribution in [0.25, 0.3) is 0 Å². The highest BCUT2D eigenvalue weighted by Crippen LogP contribution is 2.25. The molecule has 0 bridgehead atoms. The van der Waals surface area contributed by atoms with Crippen LogP contribution >= 0.6 is 11.6 Å². The summed E-state index contributed by atoms with van der Waals surface area (Å²) in [5.41, 5.74) is 4.81. The Bertz CT molecular complexity index is 446. The Morgan fingerprint density at radius 3 is 2.37 bits per heavy atom. The van der Waals surface area contributed by atoms with Crippen LogP contribution in [0.5, 0.6) is 0 Å². The van der Waals surface area contributed by atoms with E-state index in [0.717, 1.165) is 5.56 Å². The Morgan fingerprint density at radius 2 is 1.89 bits per heavy atom. The normalized spacial score (nSPS) is 12.6. The maximum Gasteiger partial charge on any atom is 0.493 e. The molecule has 0 aromatic heterocycles. The maximum absolute atomic E-state index is 10.2. The van der Waals surface area contributed by atoms with Crippen molar-refractivity contribution in [1.29, 1.82) is 0 Å². The number of nitrogens with two attached hydrogens (primary N) is 1. The van der Waals surface area contributed by atoms with E-state index >= 15 is 0 Å². The lowest BCUT2D eigenvalue weighted by molar-refractivity contribution is -0.0982. The van der Waals surface area contributed by atoms with Crippen LogP contribution in [0.15, 0.2) is 18.2 Å². The van der Waals surface area contributed by atoms with E-state index in [-0.39, 0.29) is 0 Å². The summed E-state index contributed by atoms with van der Waals surface area (Å²) in [4.78, 5) is 0. The van der Waals surface area contributed by atoms with E-state index in [2.05, 4.69) is 0 Å². The SMILES string of the molecule is CC(C)(O)C(C)(C)OB(O)c1cc(CN)ccc1Cl. The van der Waals surface area contributed by atoms with Gasteiger partial charge in [-0.05, 0) is 39.3 Å². The van der Waals surface area contributed by atoms with Crippen molar-refractivity contribution in [1.82, 2.24) is 0 Å². The highest BCUT2D eigenvalue weighted by Gasteiger charge is 2.40. The van der Waals surface area contributed by atoms with Gasteiger partial charge in [0.2, 0.25) is 0 Å². The van der Waals surface area contributed by atoms with E-state index in [1.54, 1.807) is 45.9 Å². The highest BCUT2D eigenvalue weighted by atomic mass is 35.5. The lowest BCUT2D eigenvalue weighted by atomic mass is 9.76. The minimum atomic E-state index is -1.22. The van der Waals surface area contributed by atoms with Gasteiger partial charge in [-0.15, -0.1) is 0 Å². The molecule has 0 aliphatic heterocycles. The van der Waals surface area contributed by atoms with Crippen molar-refractivity contribution in [3.63, 3.8) is 0 Å². The van der Waals surface area contributed by atoms with Gasteiger partial charge in [-0.1, -0.05) is 23.7 Å². The first-order valence-corrected chi connectivity index (χ1v) is 6.53. The molecule has 0 spiro atoms. The summed E-state index contributed by atoms with van der Waals surface area (Å²) in [6.07, 6.45) is 0. The molecule has 0 heterocycles. The number of aliphatic hydroxyl groups is 1. The molecule has 0 aliphatic carbocycles. The predicted molar refractivity (Wildman–Crippen MR) is 78.4 cm³/mol. The van der Waals surface area contributed by atoms with E-state index < -0.39 is 18.3 Å². The van der Waals surface area contributed by atoms with Crippen molar-refractivity contribution in [2.45, 2.75) is 45.4 Å². The average Bonchev–Trinajstić information content (AvgIpc) is 2.27. The number of hydrogen-bond acceptors (Lipinski definition) is 4. The summed E-state index contributed by atoms with van der Waals surface area (Å²) in [6, 6.07) is 5.16. The molecule has 0 saturated heterocycles. The van der Waals surface area contributed by atoms with E-state index in [9.17, 15) is 10.1 Å².